The van der Waals surface area contributed by atoms with Crippen molar-refractivity contribution in [2.75, 3.05) is 13.1 Å². The number of pyridine rings is 1. The molecular formula is C20H23F3N2O3. The number of ketones is 1. The van der Waals surface area contributed by atoms with E-state index < -0.39 is 29.0 Å². The van der Waals surface area contributed by atoms with Crippen molar-refractivity contribution in [3.8, 4) is 11.8 Å². The summed E-state index contributed by atoms with van der Waals surface area (Å²) in [4.78, 5) is 29.6. The predicted octanol–water partition coefficient (Wildman–Crippen LogP) is 4.06. The van der Waals surface area contributed by atoms with E-state index in [1.165, 1.54) is 24.0 Å². The largest absolute Gasteiger partial charge is 0.444 e. The van der Waals surface area contributed by atoms with Crippen LogP contribution in [0.5, 0.6) is 0 Å². The molecule has 1 saturated heterocycles. The Morgan fingerprint density at radius 3 is 2.50 bits per heavy atom. The Balaban J connectivity index is 2.29. The number of hydrogen-bond acceptors (Lipinski definition) is 4. The van der Waals surface area contributed by atoms with Crippen LogP contribution in [0, 0.1) is 17.3 Å². The van der Waals surface area contributed by atoms with Crippen LogP contribution < -0.4 is 0 Å². The van der Waals surface area contributed by atoms with Gasteiger partial charge in [-0.3, -0.25) is 4.79 Å². The number of likely N-dealkylation sites (tertiary alicyclic amines) is 1. The van der Waals surface area contributed by atoms with Crippen molar-refractivity contribution in [3.05, 3.63) is 29.6 Å². The van der Waals surface area contributed by atoms with Crippen LogP contribution in [0.15, 0.2) is 18.2 Å². The summed E-state index contributed by atoms with van der Waals surface area (Å²) in [5.41, 5.74) is -2.97. The van der Waals surface area contributed by atoms with Gasteiger partial charge in [0.05, 0.1) is 0 Å². The Morgan fingerprint density at radius 1 is 1.25 bits per heavy atom. The number of aromatic nitrogens is 1. The third-order valence-corrected chi connectivity index (χ3v) is 4.29. The number of halogens is 3. The Morgan fingerprint density at radius 2 is 1.93 bits per heavy atom. The molecule has 8 heteroatoms. The summed E-state index contributed by atoms with van der Waals surface area (Å²) in [5, 5.41) is 0. The van der Waals surface area contributed by atoms with E-state index in [9.17, 15) is 22.8 Å². The quantitative estimate of drug-likeness (QED) is 0.672. The highest BCUT2D eigenvalue weighted by Crippen LogP contribution is 2.32. The number of amides is 1. The maximum Gasteiger partial charge on any atom is 0.433 e. The fraction of sp³-hybridized carbons (Fsp3) is 0.550. The van der Waals surface area contributed by atoms with Crippen LogP contribution >= 0.6 is 0 Å². The molecule has 0 N–H and O–H groups in total. The van der Waals surface area contributed by atoms with Gasteiger partial charge in [-0.15, -0.1) is 0 Å². The molecule has 2 heterocycles. The van der Waals surface area contributed by atoms with Crippen LogP contribution in [-0.2, 0) is 15.7 Å². The molecule has 0 aromatic carbocycles. The van der Waals surface area contributed by atoms with E-state index in [0.717, 1.165) is 6.07 Å². The fourth-order valence-corrected chi connectivity index (χ4v) is 2.86. The van der Waals surface area contributed by atoms with Crippen LogP contribution in [0.4, 0.5) is 18.0 Å². The van der Waals surface area contributed by atoms with Gasteiger partial charge in [-0.1, -0.05) is 12.0 Å². The van der Waals surface area contributed by atoms with E-state index in [2.05, 4.69) is 16.8 Å². The van der Waals surface area contributed by atoms with Crippen LogP contribution in [0.2, 0.25) is 0 Å². The van der Waals surface area contributed by atoms with Gasteiger partial charge in [0, 0.05) is 13.1 Å². The maximum atomic E-state index is 12.8. The third kappa shape index (κ3) is 5.47. The maximum absolute atomic E-state index is 12.8. The van der Waals surface area contributed by atoms with E-state index in [1.807, 2.05) is 0 Å². The van der Waals surface area contributed by atoms with Gasteiger partial charge in [0.15, 0.2) is 0 Å². The number of carbonyl (C=O) groups is 2. The minimum atomic E-state index is -4.58. The van der Waals surface area contributed by atoms with E-state index in [0.29, 0.717) is 19.4 Å². The lowest BCUT2D eigenvalue weighted by atomic mass is 9.77. The molecule has 1 aliphatic heterocycles. The molecular weight excluding hydrogens is 373 g/mol. The summed E-state index contributed by atoms with van der Waals surface area (Å²) in [5.74, 6) is 5.14. The number of piperidine rings is 1. The number of hydrogen-bond donors (Lipinski definition) is 0. The van der Waals surface area contributed by atoms with Crippen molar-refractivity contribution >= 4 is 11.9 Å². The molecule has 152 valence electrons. The summed E-state index contributed by atoms with van der Waals surface area (Å²) in [6.45, 7) is 7.05. The molecule has 0 saturated carbocycles. The van der Waals surface area contributed by atoms with Crippen molar-refractivity contribution in [1.29, 1.82) is 0 Å². The van der Waals surface area contributed by atoms with Crippen LogP contribution in [-0.4, -0.2) is 40.5 Å². The molecule has 1 atom stereocenters. The summed E-state index contributed by atoms with van der Waals surface area (Å²) in [6, 6.07) is 3.43. The molecule has 0 spiro atoms. The first-order chi connectivity index (χ1) is 12.8. The lowest BCUT2D eigenvalue weighted by Crippen LogP contribution is -2.50. The van der Waals surface area contributed by atoms with E-state index in [4.69, 9.17) is 4.74 Å². The van der Waals surface area contributed by atoms with Gasteiger partial charge in [-0.05, 0) is 58.6 Å². The van der Waals surface area contributed by atoms with Gasteiger partial charge in [0.2, 0.25) is 0 Å². The number of nitrogens with zero attached hydrogens (tertiary/aromatic N) is 2. The molecule has 1 fully saturated rings. The highest BCUT2D eigenvalue weighted by Gasteiger charge is 2.41. The third-order valence-electron chi connectivity index (χ3n) is 4.29. The van der Waals surface area contributed by atoms with Crippen molar-refractivity contribution in [1.82, 2.24) is 9.88 Å². The predicted molar refractivity (Wildman–Crippen MR) is 96.3 cm³/mol. The molecule has 1 aromatic rings. The lowest BCUT2D eigenvalue weighted by Gasteiger charge is -2.38. The summed E-state index contributed by atoms with van der Waals surface area (Å²) >= 11 is 0. The first-order valence-electron chi connectivity index (χ1n) is 8.89. The van der Waals surface area contributed by atoms with Gasteiger partial charge in [0.25, 0.3) is 0 Å². The summed E-state index contributed by atoms with van der Waals surface area (Å²) in [7, 11) is 0. The minimum absolute atomic E-state index is 0.0310. The van der Waals surface area contributed by atoms with Gasteiger partial charge in [-0.25, -0.2) is 9.78 Å². The highest BCUT2D eigenvalue weighted by molar-refractivity contribution is 5.87. The second-order valence-corrected chi connectivity index (χ2v) is 7.80. The number of Topliss-reactive ketones (excluding diaryl/α,β-unsaturated/α-hetero) is 1. The Bertz CT molecular complexity index is 818. The lowest BCUT2D eigenvalue weighted by molar-refractivity contribution is -0.141. The van der Waals surface area contributed by atoms with Crippen LogP contribution in [0.25, 0.3) is 0 Å². The molecule has 1 unspecified atom stereocenters. The Hall–Kier alpha value is -2.56. The monoisotopic (exact) mass is 396 g/mol. The van der Waals surface area contributed by atoms with Crippen molar-refractivity contribution in [2.45, 2.75) is 52.3 Å². The average Bonchev–Trinajstić information content (AvgIpc) is 2.58. The molecule has 2 rings (SSSR count). The van der Waals surface area contributed by atoms with Gasteiger partial charge < -0.3 is 9.64 Å². The van der Waals surface area contributed by atoms with E-state index >= 15 is 0 Å². The molecule has 1 aromatic heterocycles. The normalized spacial score (nSPS) is 20.2. The minimum Gasteiger partial charge on any atom is -0.444 e. The van der Waals surface area contributed by atoms with Crippen LogP contribution in [0.1, 0.15) is 51.9 Å². The zero-order valence-corrected chi connectivity index (χ0v) is 16.3. The average molecular weight is 396 g/mol. The standard InChI is InChI=1S/C20H23F3N2O3/c1-14(26)19(10-6-12-25(13-19)17(27)28-18(2,3)4)11-9-15-7-5-8-16(24-15)20(21,22)23/h5,7-8H,6,10,12-13H2,1-4H3. The van der Waals surface area contributed by atoms with Crippen molar-refractivity contribution in [2.24, 2.45) is 5.41 Å². The zero-order valence-electron chi connectivity index (χ0n) is 16.3. The van der Waals surface area contributed by atoms with E-state index in [1.54, 1.807) is 20.8 Å². The molecule has 0 bridgehead atoms. The number of carbonyl (C=O) groups excluding carboxylic acids is 2. The second-order valence-electron chi connectivity index (χ2n) is 7.80. The SMILES string of the molecule is CC(=O)C1(C#Cc2cccc(C(F)(F)F)n2)CCCN(C(=O)OC(C)(C)C)C1. The molecule has 1 amide bonds. The molecule has 0 aliphatic carbocycles. The van der Waals surface area contributed by atoms with Crippen molar-refractivity contribution < 1.29 is 27.5 Å². The topological polar surface area (TPSA) is 59.5 Å². The number of ether oxygens (including phenoxy) is 1. The number of alkyl halides is 3. The Labute approximate surface area is 162 Å². The number of rotatable bonds is 1. The van der Waals surface area contributed by atoms with Gasteiger partial charge >= 0.3 is 12.3 Å². The molecule has 0 radical (unpaired) electrons. The van der Waals surface area contributed by atoms with E-state index in [-0.39, 0.29) is 18.0 Å². The molecule has 1 aliphatic rings. The van der Waals surface area contributed by atoms with Gasteiger partial charge in [0.1, 0.15) is 28.2 Å². The highest BCUT2D eigenvalue weighted by atomic mass is 19.4. The Kier molecular flexibility index (Phi) is 6.07. The first kappa shape index (κ1) is 21.7. The molecule has 28 heavy (non-hydrogen) atoms. The summed E-state index contributed by atoms with van der Waals surface area (Å²) < 4.78 is 43.8. The smallest absolute Gasteiger partial charge is 0.433 e. The second kappa shape index (κ2) is 7.82. The molecule has 5 nitrogen and oxygen atoms in total. The fourth-order valence-electron chi connectivity index (χ4n) is 2.86. The van der Waals surface area contributed by atoms with Gasteiger partial charge in [-0.2, -0.15) is 13.2 Å². The van der Waals surface area contributed by atoms with Crippen molar-refractivity contribution in [3.63, 3.8) is 0 Å². The van der Waals surface area contributed by atoms with Crippen LogP contribution in [0.3, 0.4) is 0 Å². The summed E-state index contributed by atoms with van der Waals surface area (Å²) in [6.07, 6.45) is -4.18. The first-order valence-corrected chi connectivity index (χ1v) is 8.89. The zero-order chi connectivity index (χ0) is 21.2.